The van der Waals surface area contributed by atoms with Gasteiger partial charge in [-0.1, -0.05) is 49.4 Å². The Morgan fingerprint density at radius 3 is 2.85 bits per heavy atom. The third-order valence-electron chi connectivity index (χ3n) is 5.86. The molecule has 0 saturated carbocycles. The Hall–Kier alpha value is -2.62. The number of nitrogens with one attached hydrogen (secondary N) is 2. The van der Waals surface area contributed by atoms with E-state index in [-0.39, 0.29) is 23.1 Å². The van der Waals surface area contributed by atoms with Crippen molar-refractivity contribution in [3.05, 3.63) is 70.8 Å². The zero-order chi connectivity index (χ0) is 18.1. The van der Waals surface area contributed by atoms with Crippen LogP contribution in [0.25, 0.3) is 0 Å². The van der Waals surface area contributed by atoms with E-state index in [0.29, 0.717) is 18.7 Å². The molecule has 0 bridgehead atoms. The van der Waals surface area contributed by atoms with Crippen molar-refractivity contribution < 1.29 is 9.59 Å². The second kappa shape index (κ2) is 6.60. The molecular weight excluding hydrogens is 324 g/mol. The molecular formula is C22H24N2O2. The fourth-order valence-electron chi connectivity index (χ4n) is 4.36. The van der Waals surface area contributed by atoms with Gasteiger partial charge in [0.2, 0.25) is 5.91 Å². The van der Waals surface area contributed by atoms with Crippen LogP contribution >= 0.6 is 0 Å². The Labute approximate surface area is 154 Å². The molecule has 2 aromatic carbocycles. The first-order valence-corrected chi connectivity index (χ1v) is 9.32. The van der Waals surface area contributed by atoms with E-state index >= 15 is 0 Å². The molecule has 0 radical (unpaired) electrons. The van der Waals surface area contributed by atoms with Crippen LogP contribution in [0.2, 0.25) is 0 Å². The highest BCUT2D eigenvalue weighted by Gasteiger charge is 2.34. The lowest BCUT2D eigenvalue weighted by molar-refractivity contribution is -0.122. The van der Waals surface area contributed by atoms with Crippen molar-refractivity contribution >= 4 is 11.8 Å². The molecule has 4 heteroatoms. The topological polar surface area (TPSA) is 58.2 Å². The SMILES string of the molecule is CC1(CNC(=O)C2CNC(=O)c3ccccc32)CCCc2ccccc21. The summed E-state index contributed by atoms with van der Waals surface area (Å²) in [4.78, 5) is 24.9. The molecule has 2 unspecified atom stereocenters. The van der Waals surface area contributed by atoms with Crippen molar-refractivity contribution in [1.82, 2.24) is 10.6 Å². The van der Waals surface area contributed by atoms with Gasteiger partial charge in [0.05, 0.1) is 5.92 Å². The molecule has 2 N–H and O–H groups in total. The van der Waals surface area contributed by atoms with E-state index in [2.05, 4.69) is 41.8 Å². The summed E-state index contributed by atoms with van der Waals surface area (Å²) in [6, 6.07) is 15.9. The van der Waals surface area contributed by atoms with Crippen LogP contribution in [0.4, 0.5) is 0 Å². The molecule has 134 valence electrons. The molecule has 0 spiro atoms. The maximum atomic E-state index is 12.9. The van der Waals surface area contributed by atoms with Crippen molar-refractivity contribution in [3.8, 4) is 0 Å². The van der Waals surface area contributed by atoms with Crippen molar-refractivity contribution in [3.63, 3.8) is 0 Å². The van der Waals surface area contributed by atoms with Crippen LogP contribution in [0, 0.1) is 0 Å². The highest BCUT2D eigenvalue weighted by atomic mass is 16.2. The molecule has 1 heterocycles. The van der Waals surface area contributed by atoms with E-state index in [1.807, 2.05) is 18.2 Å². The summed E-state index contributed by atoms with van der Waals surface area (Å²) in [5.74, 6) is -0.439. The summed E-state index contributed by atoms with van der Waals surface area (Å²) < 4.78 is 0. The number of rotatable bonds is 3. The van der Waals surface area contributed by atoms with Gasteiger partial charge in [-0.15, -0.1) is 0 Å². The van der Waals surface area contributed by atoms with Gasteiger partial charge in [0.15, 0.2) is 0 Å². The molecule has 0 saturated heterocycles. The smallest absolute Gasteiger partial charge is 0.251 e. The van der Waals surface area contributed by atoms with Gasteiger partial charge in [0.25, 0.3) is 5.91 Å². The quantitative estimate of drug-likeness (QED) is 0.896. The van der Waals surface area contributed by atoms with Crippen LogP contribution in [0.5, 0.6) is 0 Å². The predicted octanol–water partition coefficient (Wildman–Crippen LogP) is 2.92. The van der Waals surface area contributed by atoms with Gasteiger partial charge in [-0.05, 0) is 42.0 Å². The Balaban J connectivity index is 1.52. The van der Waals surface area contributed by atoms with Gasteiger partial charge in [-0.2, -0.15) is 0 Å². The maximum absolute atomic E-state index is 12.9. The highest BCUT2D eigenvalue weighted by molar-refractivity contribution is 6.00. The largest absolute Gasteiger partial charge is 0.355 e. The number of amides is 2. The number of benzene rings is 2. The van der Waals surface area contributed by atoms with Crippen LogP contribution < -0.4 is 10.6 Å². The second-order valence-electron chi connectivity index (χ2n) is 7.64. The highest BCUT2D eigenvalue weighted by Crippen LogP contribution is 2.36. The first-order valence-electron chi connectivity index (χ1n) is 9.32. The molecule has 2 atom stereocenters. The van der Waals surface area contributed by atoms with E-state index in [1.54, 1.807) is 6.07 Å². The predicted molar refractivity (Wildman–Crippen MR) is 101 cm³/mol. The van der Waals surface area contributed by atoms with Gasteiger partial charge in [-0.25, -0.2) is 0 Å². The molecule has 2 amide bonds. The normalized spacial score (nSPS) is 24.2. The fraction of sp³-hybridized carbons (Fsp3) is 0.364. The summed E-state index contributed by atoms with van der Waals surface area (Å²) in [5, 5.41) is 6.00. The standard InChI is InChI=1S/C22H24N2O2/c1-22(12-6-8-15-7-2-5-11-19(15)22)14-24-21(26)18-13-23-20(25)17-10-4-3-9-16(17)18/h2-5,7,9-11,18H,6,8,12-14H2,1H3,(H,23,25)(H,24,26). The Morgan fingerprint density at radius 1 is 1.19 bits per heavy atom. The Bertz CT molecular complexity index is 861. The van der Waals surface area contributed by atoms with Crippen LogP contribution in [0.1, 0.15) is 52.7 Å². The monoisotopic (exact) mass is 348 g/mol. The lowest BCUT2D eigenvalue weighted by atomic mass is 9.71. The summed E-state index contributed by atoms with van der Waals surface area (Å²) in [7, 11) is 0. The maximum Gasteiger partial charge on any atom is 0.251 e. The summed E-state index contributed by atoms with van der Waals surface area (Å²) >= 11 is 0. The Kier molecular flexibility index (Phi) is 4.27. The Morgan fingerprint density at radius 2 is 1.96 bits per heavy atom. The molecule has 2 aliphatic rings. The number of aryl methyl sites for hydroxylation is 1. The van der Waals surface area contributed by atoms with E-state index in [0.717, 1.165) is 24.8 Å². The molecule has 4 nitrogen and oxygen atoms in total. The lowest BCUT2D eigenvalue weighted by Crippen LogP contribution is -2.46. The molecule has 1 aliphatic carbocycles. The molecule has 2 aromatic rings. The van der Waals surface area contributed by atoms with E-state index < -0.39 is 0 Å². The molecule has 4 rings (SSSR count). The molecule has 0 aromatic heterocycles. The molecule has 1 aliphatic heterocycles. The van der Waals surface area contributed by atoms with Crippen molar-refractivity contribution in [2.45, 2.75) is 37.5 Å². The zero-order valence-electron chi connectivity index (χ0n) is 15.0. The summed E-state index contributed by atoms with van der Waals surface area (Å²) in [6.45, 7) is 3.21. The third-order valence-corrected chi connectivity index (χ3v) is 5.86. The number of carbonyl (C=O) groups is 2. The lowest BCUT2D eigenvalue weighted by Gasteiger charge is -2.37. The van der Waals surface area contributed by atoms with Crippen molar-refractivity contribution in [2.24, 2.45) is 0 Å². The van der Waals surface area contributed by atoms with Gasteiger partial charge in [0, 0.05) is 24.1 Å². The summed E-state index contributed by atoms with van der Waals surface area (Å²) in [6.07, 6.45) is 3.33. The molecule has 26 heavy (non-hydrogen) atoms. The average molecular weight is 348 g/mol. The van der Waals surface area contributed by atoms with E-state index in [9.17, 15) is 9.59 Å². The summed E-state index contributed by atoms with van der Waals surface area (Å²) in [5.41, 5.74) is 4.13. The molecule has 0 fully saturated rings. The second-order valence-corrected chi connectivity index (χ2v) is 7.64. The number of fused-ring (bicyclic) bond motifs is 2. The van der Waals surface area contributed by atoms with Gasteiger partial charge < -0.3 is 10.6 Å². The minimum Gasteiger partial charge on any atom is -0.355 e. The van der Waals surface area contributed by atoms with Crippen molar-refractivity contribution in [2.75, 3.05) is 13.1 Å². The van der Waals surface area contributed by atoms with Gasteiger partial charge in [-0.3, -0.25) is 9.59 Å². The minimum absolute atomic E-state index is 0.0123. The third kappa shape index (κ3) is 2.90. The van der Waals surface area contributed by atoms with Gasteiger partial charge in [0.1, 0.15) is 0 Å². The number of hydrogen-bond acceptors (Lipinski definition) is 2. The number of hydrogen-bond donors (Lipinski definition) is 2. The van der Waals surface area contributed by atoms with Crippen LogP contribution in [0.15, 0.2) is 48.5 Å². The number of carbonyl (C=O) groups excluding carboxylic acids is 2. The van der Waals surface area contributed by atoms with Crippen LogP contribution in [-0.4, -0.2) is 24.9 Å². The van der Waals surface area contributed by atoms with Crippen molar-refractivity contribution in [1.29, 1.82) is 0 Å². The first-order chi connectivity index (χ1) is 12.6. The minimum atomic E-state index is -0.327. The average Bonchev–Trinajstić information content (AvgIpc) is 2.67. The van der Waals surface area contributed by atoms with E-state index in [1.165, 1.54) is 11.1 Å². The van der Waals surface area contributed by atoms with Gasteiger partial charge >= 0.3 is 0 Å². The fourth-order valence-corrected chi connectivity index (χ4v) is 4.36. The van der Waals surface area contributed by atoms with Crippen LogP contribution in [0.3, 0.4) is 0 Å². The zero-order valence-corrected chi connectivity index (χ0v) is 15.0. The first kappa shape index (κ1) is 16.8. The van der Waals surface area contributed by atoms with Crippen LogP contribution in [-0.2, 0) is 16.6 Å². The van der Waals surface area contributed by atoms with E-state index in [4.69, 9.17) is 0 Å².